The fourth-order valence-corrected chi connectivity index (χ4v) is 11.2. The van der Waals surface area contributed by atoms with Gasteiger partial charge < -0.3 is 13.7 Å². The number of nitrogens with zero attached hydrogens (tertiary/aromatic N) is 5. The number of aromatic nitrogens is 3. The van der Waals surface area contributed by atoms with Crippen LogP contribution >= 0.6 is 11.3 Å². The Kier molecular flexibility index (Phi) is 7.24. The van der Waals surface area contributed by atoms with Gasteiger partial charge in [-0.05, 0) is 78.9 Å². The molecule has 0 N–H and O–H groups in total. The highest BCUT2D eigenvalue weighted by Gasteiger charge is 2.24. The van der Waals surface area contributed by atoms with Crippen LogP contribution in [-0.4, -0.2) is 13.7 Å². The minimum Gasteiger partial charge on any atom is -0.309 e. The summed E-state index contributed by atoms with van der Waals surface area (Å²) < 4.78 is 9.67. The number of hydrogen-bond donors (Lipinski definition) is 0. The van der Waals surface area contributed by atoms with Crippen LogP contribution in [-0.2, 0) is 0 Å². The van der Waals surface area contributed by atoms with Gasteiger partial charge in [0.1, 0.15) is 0 Å². The van der Waals surface area contributed by atoms with Crippen molar-refractivity contribution in [1.29, 1.82) is 10.5 Å². The molecule has 4 aromatic heterocycles. The summed E-state index contributed by atoms with van der Waals surface area (Å²) in [5, 5.41) is 30.0. The summed E-state index contributed by atoms with van der Waals surface area (Å²) in [4.78, 5) is 0. The normalized spacial score (nSPS) is 11.8. The van der Waals surface area contributed by atoms with E-state index in [4.69, 9.17) is 0 Å². The first-order valence-electron chi connectivity index (χ1n) is 20.6. The summed E-state index contributed by atoms with van der Waals surface area (Å²) in [5.74, 6) is 0. The highest BCUT2D eigenvalue weighted by atomic mass is 32.1. The minimum atomic E-state index is 0.456. The van der Waals surface area contributed by atoms with Gasteiger partial charge in [0, 0.05) is 75.0 Å². The Hall–Kier alpha value is -8.42. The highest BCUT2D eigenvalue weighted by molar-refractivity contribution is 7.25. The average molecular weight is 806 g/mol. The van der Waals surface area contributed by atoms with Crippen LogP contribution in [0.25, 0.3) is 114 Å². The van der Waals surface area contributed by atoms with Crippen LogP contribution in [0.5, 0.6) is 0 Å². The first-order valence-corrected chi connectivity index (χ1v) is 21.4. The third-order valence-corrected chi connectivity index (χ3v) is 13.8. The van der Waals surface area contributed by atoms with Crippen LogP contribution < -0.4 is 0 Å². The van der Waals surface area contributed by atoms with Gasteiger partial charge in [-0.2, -0.15) is 10.5 Å². The standard InChI is InChI=1S/C56H31N5S/c57-32-34-22-24-38(35(28-34)33-58)41-25-23-37(29-51(41)61-48-19-9-5-15-40(48)45-30-46-42-16-7-11-21-53(42)62-54(46)31-52(45)61)59-49-20-10-6-17-44(49)55-50(59)27-26-43-39-14-4-8-18-47(39)60(56(43)55)36-12-2-1-3-13-36/h1-31H. The number of benzene rings is 9. The SMILES string of the molecule is N#Cc1ccc(-c2ccc(-n3c4ccccc4c4c3ccc3c5ccccc5n(-c5ccccc5)c34)cc2-n2c3ccccc3c3cc4c(cc32)sc2ccccc24)c(C#N)c1. The van der Waals surface area contributed by atoms with Crippen molar-refractivity contribution in [2.75, 3.05) is 0 Å². The van der Waals surface area contributed by atoms with E-state index in [1.165, 1.54) is 58.1 Å². The Bertz CT molecular complexity index is 4130. The predicted octanol–water partition coefficient (Wildman–Crippen LogP) is 14.8. The minimum absolute atomic E-state index is 0.456. The van der Waals surface area contributed by atoms with E-state index in [1.54, 1.807) is 6.07 Å². The van der Waals surface area contributed by atoms with Gasteiger partial charge in [0.05, 0.1) is 62.1 Å². The zero-order valence-electron chi connectivity index (χ0n) is 33.0. The van der Waals surface area contributed by atoms with Gasteiger partial charge in [0.25, 0.3) is 0 Å². The van der Waals surface area contributed by atoms with E-state index in [2.05, 4.69) is 196 Å². The second-order valence-electron chi connectivity index (χ2n) is 15.9. The third-order valence-electron chi connectivity index (χ3n) is 12.7. The van der Waals surface area contributed by atoms with E-state index in [0.29, 0.717) is 11.1 Å². The summed E-state index contributed by atoms with van der Waals surface area (Å²) in [6.07, 6.45) is 0. The van der Waals surface area contributed by atoms with Crippen molar-refractivity contribution < 1.29 is 0 Å². The monoisotopic (exact) mass is 805 g/mol. The molecule has 62 heavy (non-hydrogen) atoms. The van der Waals surface area contributed by atoms with Crippen molar-refractivity contribution in [2.45, 2.75) is 0 Å². The molecule has 0 spiro atoms. The quantitative estimate of drug-likeness (QED) is 0.178. The molecule has 0 saturated carbocycles. The summed E-state index contributed by atoms with van der Waals surface area (Å²) in [5.41, 5.74) is 12.4. The second-order valence-corrected chi connectivity index (χ2v) is 17.0. The first-order chi connectivity index (χ1) is 30.7. The smallest absolute Gasteiger partial charge is 0.0998 e. The molecule has 0 aliphatic carbocycles. The Balaban J connectivity index is 1.16. The maximum absolute atomic E-state index is 10.6. The van der Waals surface area contributed by atoms with Gasteiger partial charge in [0.15, 0.2) is 0 Å². The molecule has 0 unspecified atom stereocenters. The van der Waals surface area contributed by atoms with Crippen LogP contribution in [0.15, 0.2) is 188 Å². The Morgan fingerprint density at radius 1 is 0.371 bits per heavy atom. The molecule has 4 heterocycles. The number of fused-ring (bicyclic) bond motifs is 13. The van der Waals surface area contributed by atoms with Crippen LogP contribution in [0.3, 0.4) is 0 Å². The zero-order valence-corrected chi connectivity index (χ0v) is 33.9. The lowest BCUT2D eigenvalue weighted by molar-refractivity contribution is 1.13. The number of hydrogen-bond acceptors (Lipinski definition) is 3. The molecule has 0 radical (unpaired) electrons. The Morgan fingerprint density at radius 3 is 1.81 bits per heavy atom. The number of para-hydroxylation sites is 4. The van der Waals surface area contributed by atoms with Crippen LogP contribution in [0, 0.1) is 22.7 Å². The van der Waals surface area contributed by atoms with Crippen molar-refractivity contribution in [2.24, 2.45) is 0 Å². The topological polar surface area (TPSA) is 62.4 Å². The van der Waals surface area contributed by atoms with E-state index >= 15 is 0 Å². The summed E-state index contributed by atoms with van der Waals surface area (Å²) in [6.45, 7) is 0. The van der Waals surface area contributed by atoms with Crippen molar-refractivity contribution in [1.82, 2.24) is 13.7 Å². The van der Waals surface area contributed by atoms with Gasteiger partial charge in [-0.15, -0.1) is 11.3 Å². The van der Waals surface area contributed by atoms with Gasteiger partial charge in [-0.1, -0.05) is 109 Å². The van der Waals surface area contributed by atoms with E-state index < -0.39 is 0 Å². The van der Waals surface area contributed by atoms with Crippen LogP contribution in [0.1, 0.15) is 11.1 Å². The van der Waals surface area contributed by atoms with Crippen molar-refractivity contribution >= 4 is 96.9 Å². The maximum Gasteiger partial charge on any atom is 0.0998 e. The molecule has 0 aliphatic heterocycles. The van der Waals surface area contributed by atoms with E-state index in [1.807, 2.05) is 23.5 Å². The van der Waals surface area contributed by atoms with E-state index in [0.717, 1.165) is 55.6 Å². The molecule has 286 valence electrons. The largest absolute Gasteiger partial charge is 0.309 e. The molecule has 0 amide bonds. The molecule has 0 bridgehead atoms. The lowest BCUT2D eigenvalue weighted by Gasteiger charge is -2.18. The van der Waals surface area contributed by atoms with Gasteiger partial charge in [-0.25, -0.2) is 0 Å². The first kappa shape index (κ1) is 34.4. The zero-order chi connectivity index (χ0) is 41.1. The highest BCUT2D eigenvalue weighted by Crippen LogP contribution is 2.45. The van der Waals surface area contributed by atoms with Gasteiger partial charge >= 0.3 is 0 Å². The Labute approximate surface area is 359 Å². The molecule has 6 heteroatoms. The summed E-state index contributed by atoms with van der Waals surface area (Å²) in [6, 6.07) is 71.3. The second kappa shape index (κ2) is 13.0. The van der Waals surface area contributed by atoms with E-state index in [-0.39, 0.29) is 0 Å². The average Bonchev–Trinajstić information content (AvgIpc) is 4.06. The molecular formula is C56H31N5S. The lowest BCUT2D eigenvalue weighted by Crippen LogP contribution is -2.02. The predicted molar refractivity (Wildman–Crippen MR) is 257 cm³/mol. The molecule has 5 nitrogen and oxygen atoms in total. The van der Waals surface area contributed by atoms with Crippen molar-refractivity contribution in [3.05, 3.63) is 199 Å². The van der Waals surface area contributed by atoms with E-state index in [9.17, 15) is 10.5 Å². The van der Waals surface area contributed by atoms with Gasteiger partial charge in [0.2, 0.25) is 0 Å². The number of nitriles is 2. The maximum atomic E-state index is 10.6. The molecule has 0 saturated heterocycles. The summed E-state index contributed by atoms with van der Waals surface area (Å²) in [7, 11) is 0. The van der Waals surface area contributed by atoms with Gasteiger partial charge in [-0.3, -0.25) is 0 Å². The summed E-state index contributed by atoms with van der Waals surface area (Å²) >= 11 is 1.81. The number of rotatable bonds is 4. The molecular weight excluding hydrogens is 775 g/mol. The molecule has 13 rings (SSSR count). The lowest BCUT2D eigenvalue weighted by atomic mass is 9.96. The fraction of sp³-hybridized carbons (Fsp3) is 0. The Morgan fingerprint density at radius 2 is 1.03 bits per heavy atom. The third kappa shape index (κ3) is 4.76. The molecule has 0 atom stereocenters. The fourth-order valence-electron chi connectivity index (χ4n) is 10.1. The van der Waals surface area contributed by atoms with Crippen LogP contribution in [0.2, 0.25) is 0 Å². The van der Waals surface area contributed by atoms with Crippen molar-refractivity contribution in [3.8, 4) is 40.3 Å². The van der Waals surface area contributed by atoms with Crippen LogP contribution in [0.4, 0.5) is 0 Å². The molecule has 9 aromatic carbocycles. The number of thiophene rings is 1. The molecule has 0 aliphatic rings. The molecule has 13 aromatic rings. The molecule has 0 fully saturated rings. The van der Waals surface area contributed by atoms with Crippen molar-refractivity contribution in [3.63, 3.8) is 0 Å².